The van der Waals surface area contributed by atoms with Gasteiger partial charge in [0.1, 0.15) is 5.75 Å². The molecule has 1 atom stereocenters. The van der Waals surface area contributed by atoms with Gasteiger partial charge in [-0.3, -0.25) is 9.69 Å². The predicted octanol–water partition coefficient (Wildman–Crippen LogP) is 2.16. The second-order valence-electron chi connectivity index (χ2n) is 5.89. The van der Waals surface area contributed by atoms with Gasteiger partial charge in [0.05, 0.1) is 5.56 Å². The number of hydrogen-bond donors (Lipinski definition) is 2. The average Bonchev–Trinajstić information content (AvgIpc) is 3.07. The molecule has 0 radical (unpaired) electrons. The molecule has 1 saturated heterocycles. The summed E-state index contributed by atoms with van der Waals surface area (Å²) >= 11 is 0. The number of phenolic OH excluding ortho intramolecular Hbond substituents is 1. The second kappa shape index (κ2) is 7.26. The fourth-order valence-corrected chi connectivity index (χ4v) is 2.63. The lowest BCUT2D eigenvalue weighted by atomic mass is 10.0. The summed E-state index contributed by atoms with van der Waals surface area (Å²) in [7, 11) is 0. The number of carbonyl (C=O) groups is 3. The Bertz CT molecular complexity index is 830. The van der Waals surface area contributed by atoms with Crippen molar-refractivity contribution in [3.63, 3.8) is 0 Å². The van der Waals surface area contributed by atoms with E-state index in [-0.39, 0.29) is 12.3 Å². The minimum Gasteiger partial charge on any atom is -0.508 e. The van der Waals surface area contributed by atoms with Crippen molar-refractivity contribution in [3.05, 3.63) is 54.1 Å². The number of rotatable bonds is 4. The van der Waals surface area contributed by atoms with Crippen LogP contribution in [0.25, 0.3) is 11.1 Å². The van der Waals surface area contributed by atoms with Crippen LogP contribution < -0.4 is 5.32 Å². The fraction of sp³-hybridized carbons (Fsp3) is 0.211. The van der Waals surface area contributed by atoms with Crippen molar-refractivity contribution in [1.29, 1.82) is 0 Å². The van der Waals surface area contributed by atoms with Gasteiger partial charge < -0.3 is 15.2 Å². The van der Waals surface area contributed by atoms with Crippen molar-refractivity contribution >= 4 is 17.9 Å². The third-order valence-electron chi connectivity index (χ3n) is 4.08. The first-order valence-electron chi connectivity index (χ1n) is 8.15. The van der Waals surface area contributed by atoms with Crippen molar-refractivity contribution in [2.75, 3.05) is 13.1 Å². The normalized spacial score (nSPS) is 14.7. The van der Waals surface area contributed by atoms with E-state index in [0.29, 0.717) is 12.1 Å². The van der Waals surface area contributed by atoms with Crippen LogP contribution in [0.15, 0.2) is 48.5 Å². The topological polar surface area (TPSA) is 95.9 Å². The van der Waals surface area contributed by atoms with Gasteiger partial charge in [0.2, 0.25) is 0 Å². The maximum atomic E-state index is 12.2. The monoisotopic (exact) mass is 354 g/mol. The quantitative estimate of drug-likeness (QED) is 0.820. The van der Waals surface area contributed by atoms with Crippen LogP contribution in [-0.4, -0.2) is 47.1 Å². The molecule has 0 saturated carbocycles. The number of hydrogen-bond acceptors (Lipinski definition) is 5. The molecule has 0 aromatic heterocycles. The molecule has 0 bridgehead atoms. The highest BCUT2D eigenvalue weighted by Gasteiger charge is 2.31. The number of nitrogens with zero attached hydrogens (tertiary/aromatic N) is 1. The maximum Gasteiger partial charge on any atom is 0.338 e. The summed E-state index contributed by atoms with van der Waals surface area (Å²) in [5, 5.41) is 11.9. The van der Waals surface area contributed by atoms with Crippen molar-refractivity contribution < 1.29 is 24.2 Å². The number of phenols is 1. The highest BCUT2D eigenvalue weighted by atomic mass is 16.5. The highest BCUT2D eigenvalue weighted by Crippen LogP contribution is 2.22. The van der Waals surface area contributed by atoms with Gasteiger partial charge in [0, 0.05) is 13.1 Å². The summed E-state index contributed by atoms with van der Waals surface area (Å²) in [6, 6.07) is 12.9. The molecule has 1 aliphatic rings. The number of amides is 3. The number of esters is 1. The third-order valence-corrected chi connectivity index (χ3v) is 4.08. The zero-order chi connectivity index (χ0) is 18.7. The lowest BCUT2D eigenvalue weighted by molar-refractivity contribution is -0.136. The Morgan fingerprint density at radius 3 is 2.19 bits per heavy atom. The molecule has 7 nitrogen and oxygen atoms in total. The number of imide groups is 1. The third kappa shape index (κ3) is 3.66. The molecular formula is C19H18N2O5. The molecule has 1 heterocycles. The molecule has 0 aliphatic carbocycles. The summed E-state index contributed by atoms with van der Waals surface area (Å²) in [4.78, 5) is 36.9. The van der Waals surface area contributed by atoms with E-state index in [1.54, 1.807) is 48.5 Å². The molecule has 7 heteroatoms. The number of ether oxygens (including phenoxy) is 1. The van der Waals surface area contributed by atoms with Gasteiger partial charge in [-0.25, -0.2) is 9.59 Å². The molecule has 134 valence electrons. The summed E-state index contributed by atoms with van der Waals surface area (Å²) in [6.45, 7) is 2.10. The van der Waals surface area contributed by atoms with Crippen molar-refractivity contribution in [2.24, 2.45) is 0 Å². The largest absolute Gasteiger partial charge is 0.508 e. The van der Waals surface area contributed by atoms with E-state index in [4.69, 9.17) is 4.74 Å². The van der Waals surface area contributed by atoms with Crippen LogP contribution in [0.1, 0.15) is 17.3 Å². The number of nitrogens with one attached hydrogen (secondary N) is 1. The fourth-order valence-electron chi connectivity index (χ4n) is 2.63. The Morgan fingerprint density at radius 1 is 1.08 bits per heavy atom. The van der Waals surface area contributed by atoms with Gasteiger partial charge in [0.15, 0.2) is 6.10 Å². The molecule has 2 aromatic rings. The van der Waals surface area contributed by atoms with Gasteiger partial charge in [0.25, 0.3) is 5.91 Å². The molecule has 3 amide bonds. The van der Waals surface area contributed by atoms with E-state index in [1.165, 1.54) is 6.92 Å². The Hall–Kier alpha value is -3.35. The van der Waals surface area contributed by atoms with Crippen LogP contribution in [0.5, 0.6) is 5.75 Å². The summed E-state index contributed by atoms with van der Waals surface area (Å²) < 4.78 is 5.18. The van der Waals surface area contributed by atoms with Crippen LogP contribution in [0.3, 0.4) is 0 Å². The van der Waals surface area contributed by atoms with Crippen molar-refractivity contribution in [1.82, 2.24) is 10.2 Å². The highest BCUT2D eigenvalue weighted by molar-refractivity contribution is 5.99. The predicted molar refractivity (Wildman–Crippen MR) is 93.5 cm³/mol. The Kier molecular flexibility index (Phi) is 4.88. The average molecular weight is 354 g/mol. The summed E-state index contributed by atoms with van der Waals surface area (Å²) in [6.07, 6.45) is -1.05. The number of aromatic hydroxyl groups is 1. The first-order chi connectivity index (χ1) is 12.5. The zero-order valence-electron chi connectivity index (χ0n) is 14.1. The van der Waals surface area contributed by atoms with E-state index < -0.39 is 24.0 Å². The smallest absolute Gasteiger partial charge is 0.338 e. The SMILES string of the molecule is C[C@@H](OC(=O)c1ccc(-c2ccc(O)cc2)cc1)C(=O)N1CCNC1=O. The van der Waals surface area contributed by atoms with Gasteiger partial charge in [-0.05, 0) is 42.3 Å². The minimum absolute atomic E-state index is 0.180. The van der Waals surface area contributed by atoms with Crippen LogP contribution in [0.4, 0.5) is 4.79 Å². The van der Waals surface area contributed by atoms with Gasteiger partial charge in [-0.1, -0.05) is 24.3 Å². The summed E-state index contributed by atoms with van der Waals surface area (Å²) in [5.74, 6) is -1.00. The Labute approximate surface area is 150 Å². The molecule has 0 spiro atoms. The molecule has 0 unspecified atom stereocenters. The van der Waals surface area contributed by atoms with Crippen LogP contribution in [0.2, 0.25) is 0 Å². The zero-order valence-corrected chi connectivity index (χ0v) is 14.1. The Morgan fingerprint density at radius 2 is 1.65 bits per heavy atom. The van der Waals surface area contributed by atoms with E-state index in [1.807, 2.05) is 0 Å². The van der Waals surface area contributed by atoms with Gasteiger partial charge in [-0.2, -0.15) is 0 Å². The Balaban J connectivity index is 1.65. The molecule has 3 rings (SSSR count). The summed E-state index contributed by atoms with van der Waals surface area (Å²) in [5.41, 5.74) is 2.07. The number of urea groups is 1. The number of carbonyl (C=O) groups excluding carboxylic acids is 3. The second-order valence-corrected chi connectivity index (χ2v) is 5.89. The lowest BCUT2D eigenvalue weighted by Gasteiger charge is -2.18. The van der Waals surface area contributed by atoms with E-state index in [2.05, 4.69) is 5.32 Å². The number of benzene rings is 2. The molecular weight excluding hydrogens is 336 g/mol. The van der Waals surface area contributed by atoms with Gasteiger partial charge >= 0.3 is 12.0 Å². The molecule has 2 N–H and O–H groups in total. The van der Waals surface area contributed by atoms with E-state index in [0.717, 1.165) is 16.0 Å². The van der Waals surface area contributed by atoms with Gasteiger partial charge in [-0.15, -0.1) is 0 Å². The lowest BCUT2D eigenvalue weighted by Crippen LogP contribution is -2.41. The molecule has 1 fully saturated rings. The van der Waals surface area contributed by atoms with Crippen LogP contribution >= 0.6 is 0 Å². The standard InChI is InChI=1S/C19H18N2O5/c1-12(17(23)21-11-10-20-19(21)25)26-18(24)15-4-2-13(3-5-15)14-6-8-16(22)9-7-14/h2-9,12,22H,10-11H2,1H3,(H,20,25)/t12-/m1/s1. The molecule has 1 aliphatic heterocycles. The molecule has 2 aromatic carbocycles. The van der Waals surface area contributed by atoms with E-state index >= 15 is 0 Å². The van der Waals surface area contributed by atoms with Crippen LogP contribution in [0, 0.1) is 0 Å². The first-order valence-corrected chi connectivity index (χ1v) is 8.15. The molecule has 26 heavy (non-hydrogen) atoms. The maximum absolute atomic E-state index is 12.2. The van der Waals surface area contributed by atoms with E-state index in [9.17, 15) is 19.5 Å². The van der Waals surface area contributed by atoms with Crippen molar-refractivity contribution in [3.8, 4) is 16.9 Å². The van der Waals surface area contributed by atoms with Crippen molar-refractivity contribution in [2.45, 2.75) is 13.0 Å². The minimum atomic E-state index is -1.05. The van der Waals surface area contributed by atoms with Crippen LogP contribution in [-0.2, 0) is 9.53 Å². The first kappa shape index (κ1) is 17.5.